The minimum Gasteiger partial charge on any atom is -0.466 e. The van der Waals surface area contributed by atoms with E-state index in [0.717, 1.165) is 57.8 Å². The van der Waals surface area contributed by atoms with Gasteiger partial charge in [-0.15, -0.1) is 0 Å². The molecule has 0 aromatic carbocycles. The maximum absolute atomic E-state index is 13.1. The van der Waals surface area contributed by atoms with Crippen molar-refractivity contribution in [1.82, 2.24) is 0 Å². The largest absolute Gasteiger partial charge is 0.466 e. The first-order valence-corrected chi connectivity index (χ1v) is 22.8. The lowest BCUT2D eigenvalue weighted by Gasteiger charge is -2.24. The van der Waals surface area contributed by atoms with Crippen LogP contribution in [0, 0.1) is 0 Å². The van der Waals surface area contributed by atoms with Crippen molar-refractivity contribution in [2.24, 2.45) is 0 Å². The molecule has 0 spiro atoms. The van der Waals surface area contributed by atoms with Crippen LogP contribution in [0.25, 0.3) is 0 Å². The van der Waals surface area contributed by atoms with Gasteiger partial charge in [-0.1, -0.05) is 117 Å². The van der Waals surface area contributed by atoms with Crippen LogP contribution in [-0.4, -0.2) is 86.2 Å². The van der Waals surface area contributed by atoms with E-state index in [1.807, 2.05) is 0 Å². The molecule has 0 saturated carbocycles. The second kappa shape index (κ2) is 39.3. The van der Waals surface area contributed by atoms with Crippen LogP contribution in [0.2, 0.25) is 0 Å². The molecule has 0 saturated heterocycles. The van der Waals surface area contributed by atoms with E-state index < -0.39 is 36.4 Å². The quantitative estimate of drug-likeness (QED) is 0.0350. The topological polar surface area (TPSA) is 178 Å². The van der Waals surface area contributed by atoms with Crippen LogP contribution >= 0.6 is 0 Å². The summed E-state index contributed by atoms with van der Waals surface area (Å²) in [5, 5.41) is 11.3. The predicted octanol–water partition coefficient (Wildman–Crippen LogP) is 9.35. The van der Waals surface area contributed by atoms with Crippen molar-refractivity contribution in [1.29, 1.82) is 0 Å². The Bertz CT molecular complexity index is 1020. The van der Waals surface area contributed by atoms with Crippen molar-refractivity contribution in [2.75, 3.05) is 39.6 Å². The van der Waals surface area contributed by atoms with Gasteiger partial charge in [-0.05, 0) is 57.8 Å². The van der Waals surface area contributed by atoms with Crippen molar-refractivity contribution in [3.8, 4) is 0 Å². The van der Waals surface area contributed by atoms with E-state index in [1.165, 1.54) is 57.8 Å². The third-order valence-electron chi connectivity index (χ3n) is 9.62. The van der Waals surface area contributed by atoms with Gasteiger partial charge >= 0.3 is 35.8 Å². The van der Waals surface area contributed by atoms with Crippen LogP contribution in [-0.2, 0) is 57.2 Å². The van der Waals surface area contributed by atoms with Gasteiger partial charge in [0.25, 0.3) is 0 Å². The fraction of sp³-hybridized carbons (Fsp3) is 0.867. The highest BCUT2D eigenvalue weighted by atomic mass is 16.6. The number of hydrogen-bond donors (Lipinski definition) is 1. The Morgan fingerprint density at radius 2 is 0.569 bits per heavy atom. The molecule has 13 heteroatoms. The first-order valence-electron chi connectivity index (χ1n) is 22.8. The number of unbranched alkanes of at least 4 members (excludes halogenated alkanes) is 18. The van der Waals surface area contributed by atoms with Gasteiger partial charge in [0.1, 0.15) is 0 Å². The van der Waals surface area contributed by atoms with Crippen molar-refractivity contribution >= 4 is 35.8 Å². The van der Waals surface area contributed by atoms with E-state index in [-0.39, 0.29) is 57.5 Å². The molecule has 338 valence electrons. The van der Waals surface area contributed by atoms with E-state index in [1.54, 1.807) is 0 Å². The minimum absolute atomic E-state index is 0.0372. The second-order valence-electron chi connectivity index (χ2n) is 15.3. The number of aliphatic hydroxyl groups is 1. The normalized spacial score (nSPS) is 11.2. The maximum Gasteiger partial charge on any atom is 0.339 e. The molecule has 0 amide bonds. The first-order chi connectivity index (χ1) is 28.1. The van der Waals surface area contributed by atoms with E-state index >= 15 is 0 Å². The molecule has 0 radical (unpaired) electrons. The third kappa shape index (κ3) is 34.8. The molecule has 0 bridgehead atoms. The lowest BCUT2D eigenvalue weighted by atomic mass is 9.95. The van der Waals surface area contributed by atoms with Gasteiger partial charge in [0.15, 0.2) is 5.60 Å². The number of carbonyl (C=O) groups excluding carboxylic acids is 6. The van der Waals surface area contributed by atoms with E-state index in [0.29, 0.717) is 57.8 Å². The lowest BCUT2D eigenvalue weighted by molar-refractivity contribution is -0.178. The lowest BCUT2D eigenvalue weighted by Crippen LogP contribution is -2.45. The molecule has 58 heavy (non-hydrogen) atoms. The molecular formula is C45H80O13. The summed E-state index contributed by atoms with van der Waals surface area (Å²) in [6, 6.07) is 0. The predicted molar refractivity (Wildman–Crippen MR) is 222 cm³/mol. The minimum atomic E-state index is -2.53. The van der Waals surface area contributed by atoms with Gasteiger partial charge < -0.3 is 33.5 Å². The standard InChI is InChI=1S/C45H80O13/c1-4-7-10-13-16-19-28-39(46)53-31-22-24-34-56-42(49)37-45(52,44(51)58-36-27-26-33-55-41(48)30-21-18-15-12-9-6-3)38-43(50)57-35-25-23-32-54-40(47)29-20-17-14-11-8-5-2/h52H,4-38H2,1-3H3. The van der Waals surface area contributed by atoms with Crippen LogP contribution in [0.3, 0.4) is 0 Å². The molecule has 0 aliphatic carbocycles. The van der Waals surface area contributed by atoms with Crippen molar-refractivity contribution in [3.05, 3.63) is 0 Å². The highest BCUT2D eigenvalue weighted by Crippen LogP contribution is 2.21. The zero-order valence-electron chi connectivity index (χ0n) is 36.6. The van der Waals surface area contributed by atoms with Crippen LogP contribution in [0.15, 0.2) is 0 Å². The number of ether oxygens (including phenoxy) is 6. The molecule has 0 aromatic rings. The Kier molecular flexibility index (Phi) is 37.1. The fourth-order valence-electron chi connectivity index (χ4n) is 5.99. The van der Waals surface area contributed by atoms with Gasteiger partial charge in [-0.3, -0.25) is 24.0 Å². The van der Waals surface area contributed by atoms with Gasteiger partial charge in [0.05, 0.1) is 52.5 Å². The van der Waals surface area contributed by atoms with Crippen molar-refractivity contribution in [2.45, 2.75) is 213 Å². The van der Waals surface area contributed by atoms with Crippen LogP contribution in [0.5, 0.6) is 0 Å². The molecule has 0 aromatic heterocycles. The molecule has 0 rings (SSSR count). The molecule has 0 heterocycles. The van der Waals surface area contributed by atoms with E-state index in [9.17, 15) is 33.9 Å². The molecule has 0 unspecified atom stereocenters. The summed E-state index contributed by atoms with van der Waals surface area (Å²) in [5.41, 5.74) is -2.53. The van der Waals surface area contributed by atoms with Gasteiger partial charge in [0, 0.05) is 19.3 Å². The summed E-state index contributed by atoms with van der Waals surface area (Å²) in [6.45, 7) is 6.80. The second-order valence-corrected chi connectivity index (χ2v) is 15.3. The zero-order valence-corrected chi connectivity index (χ0v) is 36.6. The highest BCUT2D eigenvalue weighted by molar-refractivity contribution is 5.90. The maximum atomic E-state index is 13.1. The average Bonchev–Trinajstić information content (AvgIpc) is 3.19. The Balaban J connectivity index is 4.71. The molecule has 0 aliphatic rings. The first kappa shape index (κ1) is 54.8. The highest BCUT2D eigenvalue weighted by Gasteiger charge is 2.43. The summed E-state index contributed by atoms with van der Waals surface area (Å²) in [6.07, 6.45) is 21.2. The number of hydrogen-bond acceptors (Lipinski definition) is 13. The summed E-state index contributed by atoms with van der Waals surface area (Å²) in [5.74, 6) is -3.77. The average molecular weight is 829 g/mol. The van der Waals surface area contributed by atoms with Crippen molar-refractivity contribution < 1.29 is 62.3 Å². The van der Waals surface area contributed by atoms with Crippen LogP contribution in [0.4, 0.5) is 0 Å². The summed E-state index contributed by atoms with van der Waals surface area (Å²) in [4.78, 5) is 74.4. The number of esters is 6. The Labute approximate surface area is 349 Å². The number of carbonyl (C=O) groups is 6. The van der Waals surface area contributed by atoms with Crippen LogP contribution < -0.4 is 0 Å². The van der Waals surface area contributed by atoms with Crippen molar-refractivity contribution in [3.63, 3.8) is 0 Å². The summed E-state index contributed by atoms with van der Waals surface area (Å²) >= 11 is 0. The van der Waals surface area contributed by atoms with Gasteiger partial charge in [-0.25, -0.2) is 4.79 Å². The Morgan fingerprint density at radius 1 is 0.328 bits per heavy atom. The van der Waals surface area contributed by atoms with E-state index in [4.69, 9.17) is 28.4 Å². The molecule has 0 aliphatic heterocycles. The molecule has 0 atom stereocenters. The van der Waals surface area contributed by atoms with Gasteiger partial charge in [-0.2, -0.15) is 0 Å². The summed E-state index contributed by atoms with van der Waals surface area (Å²) < 4.78 is 31.5. The van der Waals surface area contributed by atoms with E-state index in [2.05, 4.69) is 20.8 Å². The zero-order chi connectivity index (χ0) is 43.0. The van der Waals surface area contributed by atoms with Crippen LogP contribution in [0.1, 0.15) is 207 Å². The molecular weight excluding hydrogens is 748 g/mol. The Hall–Kier alpha value is -3.22. The molecule has 13 nitrogen and oxygen atoms in total. The smallest absolute Gasteiger partial charge is 0.339 e. The molecule has 1 N–H and O–H groups in total. The third-order valence-corrected chi connectivity index (χ3v) is 9.62. The van der Waals surface area contributed by atoms with Gasteiger partial charge in [0.2, 0.25) is 0 Å². The fourth-order valence-corrected chi connectivity index (χ4v) is 5.99. The summed E-state index contributed by atoms with van der Waals surface area (Å²) in [7, 11) is 0. The number of rotatable bonds is 41. The Morgan fingerprint density at radius 3 is 0.862 bits per heavy atom. The monoisotopic (exact) mass is 829 g/mol. The molecule has 0 fully saturated rings. The SMILES string of the molecule is CCCCCCCCC(=O)OCCCCOC(=O)CC(O)(CC(=O)OCCCCOC(=O)CCCCCCCC)C(=O)OCCCCOC(=O)CCCCCCCC.